The molecule has 0 radical (unpaired) electrons. The molecule has 3 N–H and O–H groups in total. The number of fused-ring (bicyclic) bond motifs is 1. The van der Waals surface area contributed by atoms with E-state index >= 15 is 0 Å². The van der Waals surface area contributed by atoms with Crippen molar-refractivity contribution in [3.05, 3.63) is 83.8 Å². The molecule has 2 aromatic carbocycles. The molecule has 0 saturated carbocycles. The van der Waals surface area contributed by atoms with Crippen molar-refractivity contribution in [1.82, 2.24) is 14.5 Å². The molecule has 2 amide bonds. The average molecular weight is 612 g/mol. The predicted octanol–water partition coefficient (Wildman–Crippen LogP) is 5.38. The Balaban J connectivity index is 1.43. The molecule has 45 heavy (non-hydrogen) atoms. The Morgan fingerprint density at radius 1 is 0.978 bits per heavy atom. The van der Waals surface area contributed by atoms with Crippen LogP contribution in [0.1, 0.15) is 74.1 Å². The molecule has 2 aromatic heterocycles. The van der Waals surface area contributed by atoms with E-state index in [0.717, 1.165) is 42.7 Å². The number of hydrogen-bond acceptors (Lipinski definition) is 7. The number of esters is 1. The zero-order valence-electron chi connectivity index (χ0n) is 26.2. The summed E-state index contributed by atoms with van der Waals surface area (Å²) in [7, 11) is 1.92. The van der Waals surface area contributed by atoms with Crippen LogP contribution in [0.2, 0.25) is 0 Å². The quantitative estimate of drug-likeness (QED) is 0.0789. The van der Waals surface area contributed by atoms with Crippen LogP contribution in [0.25, 0.3) is 11.0 Å². The number of pyridine rings is 1. The van der Waals surface area contributed by atoms with Gasteiger partial charge >= 0.3 is 5.97 Å². The average Bonchev–Trinajstić information content (AvgIpc) is 3.37. The van der Waals surface area contributed by atoms with Crippen LogP contribution in [-0.2, 0) is 27.9 Å². The van der Waals surface area contributed by atoms with Crippen LogP contribution in [0.4, 0.5) is 11.5 Å². The highest BCUT2D eigenvalue weighted by molar-refractivity contribution is 6.07. The highest BCUT2D eigenvalue weighted by atomic mass is 16.5. The summed E-state index contributed by atoms with van der Waals surface area (Å²) in [6.45, 7) is 4.73. The number of carbonyl (C=O) groups is 3. The molecule has 0 saturated heterocycles. The summed E-state index contributed by atoms with van der Waals surface area (Å²) >= 11 is 0. The van der Waals surface area contributed by atoms with Gasteiger partial charge in [-0.25, -0.2) is 9.97 Å². The van der Waals surface area contributed by atoms with Crippen LogP contribution in [0.3, 0.4) is 0 Å². The molecule has 4 aromatic rings. The largest absolute Gasteiger partial charge is 0.466 e. The molecule has 0 aliphatic carbocycles. The number of anilines is 2. The molecule has 4 rings (SSSR count). The van der Waals surface area contributed by atoms with Gasteiger partial charge in [0.05, 0.1) is 30.6 Å². The molecule has 0 aliphatic heterocycles. The Kier molecular flexibility index (Phi) is 11.8. The van der Waals surface area contributed by atoms with Gasteiger partial charge in [-0.15, -0.1) is 0 Å². The number of benzene rings is 2. The van der Waals surface area contributed by atoms with Crippen LogP contribution in [0.5, 0.6) is 0 Å². The maximum absolute atomic E-state index is 13.6. The number of amidine groups is 1. The number of carbonyl (C=O) groups excluding carboxylic acids is 3. The monoisotopic (exact) mass is 611 g/mol. The van der Waals surface area contributed by atoms with Gasteiger partial charge in [-0.3, -0.25) is 19.3 Å². The number of aromatic nitrogens is 3. The second-order valence-corrected chi connectivity index (χ2v) is 10.6. The molecular weight excluding hydrogens is 570 g/mol. The number of nitrogens with zero attached hydrogens (tertiary/aromatic N) is 5. The number of hydrogen-bond donors (Lipinski definition) is 2. The SMILES string of the molecule is CCCCCCC(=O)N=C(N)c1ccc(NCc2nc3cc(C(=O)N(CCC(=O)OCC)c4ccccn4)ccc3n2C)cc1. The number of imidazole rings is 1. The van der Waals surface area contributed by atoms with Crippen LogP contribution < -0.4 is 16.0 Å². The first kappa shape index (κ1) is 32.8. The summed E-state index contributed by atoms with van der Waals surface area (Å²) in [5.41, 5.74) is 9.59. The van der Waals surface area contributed by atoms with Crippen molar-refractivity contribution < 1.29 is 19.1 Å². The zero-order chi connectivity index (χ0) is 32.2. The standard InChI is InChI=1S/C34H41N7O4/c1-4-6-7-8-12-31(42)39-33(35)24-13-16-26(17-14-24)37-23-30-38-27-22-25(15-18-28(27)40(30)3)34(44)41(21-19-32(43)45-5-2)29-11-9-10-20-36-29/h9-11,13-18,20,22,37H,4-8,12,19,21,23H2,1-3H3,(H2,35,39,42). The third-order valence-electron chi connectivity index (χ3n) is 7.36. The Morgan fingerprint density at radius 2 is 1.76 bits per heavy atom. The number of aryl methyl sites for hydroxylation is 1. The first-order valence-electron chi connectivity index (χ1n) is 15.4. The van der Waals surface area contributed by atoms with Gasteiger partial charge in [0.15, 0.2) is 0 Å². The molecule has 0 bridgehead atoms. The fraction of sp³-hybridized carbons (Fsp3) is 0.353. The van der Waals surface area contributed by atoms with Gasteiger partial charge in [-0.1, -0.05) is 32.3 Å². The van der Waals surface area contributed by atoms with E-state index in [1.165, 1.54) is 4.90 Å². The first-order chi connectivity index (χ1) is 21.8. The van der Waals surface area contributed by atoms with Gasteiger partial charge in [0.25, 0.3) is 5.91 Å². The zero-order valence-corrected chi connectivity index (χ0v) is 26.2. The van der Waals surface area contributed by atoms with Crippen molar-refractivity contribution in [2.75, 3.05) is 23.4 Å². The predicted molar refractivity (Wildman–Crippen MR) is 176 cm³/mol. The lowest BCUT2D eigenvalue weighted by Gasteiger charge is -2.21. The van der Waals surface area contributed by atoms with E-state index < -0.39 is 0 Å². The fourth-order valence-corrected chi connectivity index (χ4v) is 4.86. The Bertz CT molecular complexity index is 1630. The van der Waals surface area contributed by atoms with Crippen LogP contribution in [0, 0.1) is 0 Å². The van der Waals surface area contributed by atoms with Crippen molar-refractivity contribution in [3.8, 4) is 0 Å². The lowest BCUT2D eigenvalue weighted by Crippen LogP contribution is -2.34. The highest BCUT2D eigenvalue weighted by Gasteiger charge is 2.21. The molecule has 0 spiro atoms. The Hall–Kier alpha value is -5.06. The highest BCUT2D eigenvalue weighted by Crippen LogP contribution is 2.21. The summed E-state index contributed by atoms with van der Waals surface area (Å²) < 4.78 is 7.02. The lowest BCUT2D eigenvalue weighted by atomic mass is 10.1. The van der Waals surface area contributed by atoms with Crippen LogP contribution in [0.15, 0.2) is 71.9 Å². The molecule has 236 valence electrons. The number of nitrogens with one attached hydrogen (secondary N) is 1. The van der Waals surface area contributed by atoms with E-state index in [1.807, 2.05) is 41.9 Å². The summed E-state index contributed by atoms with van der Waals surface area (Å²) in [5, 5.41) is 3.37. The van der Waals surface area contributed by atoms with Gasteiger partial charge in [0, 0.05) is 43.0 Å². The van der Waals surface area contributed by atoms with Crippen molar-refractivity contribution in [1.29, 1.82) is 0 Å². The molecular formula is C34H41N7O4. The first-order valence-corrected chi connectivity index (χ1v) is 15.4. The third-order valence-corrected chi connectivity index (χ3v) is 7.36. The number of aliphatic imine (C=N–C) groups is 1. The molecule has 11 heteroatoms. The minimum atomic E-state index is -0.377. The molecule has 0 unspecified atom stereocenters. The minimum Gasteiger partial charge on any atom is -0.466 e. The molecule has 0 fully saturated rings. The van der Waals surface area contributed by atoms with Crippen LogP contribution >= 0.6 is 0 Å². The van der Waals surface area contributed by atoms with E-state index in [1.54, 1.807) is 43.5 Å². The smallest absolute Gasteiger partial charge is 0.307 e. The maximum atomic E-state index is 13.6. The van der Waals surface area contributed by atoms with Gasteiger partial charge in [-0.05, 0) is 67.9 Å². The van der Waals surface area contributed by atoms with E-state index in [9.17, 15) is 14.4 Å². The van der Waals surface area contributed by atoms with Gasteiger partial charge < -0.3 is 20.4 Å². The van der Waals surface area contributed by atoms with Crippen molar-refractivity contribution in [3.63, 3.8) is 0 Å². The lowest BCUT2D eigenvalue weighted by molar-refractivity contribution is -0.142. The summed E-state index contributed by atoms with van der Waals surface area (Å²) in [4.78, 5) is 52.4. The number of unbranched alkanes of at least 4 members (excludes halogenated alkanes) is 3. The summed E-state index contributed by atoms with van der Waals surface area (Å²) in [6.07, 6.45) is 6.14. The molecule has 11 nitrogen and oxygen atoms in total. The van der Waals surface area contributed by atoms with Gasteiger partial charge in [-0.2, -0.15) is 4.99 Å². The number of rotatable bonds is 15. The van der Waals surface area contributed by atoms with Crippen molar-refractivity contribution in [2.24, 2.45) is 17.8 Å². The second kappa shape index (κ2) is 16.1. The fourth-order valence-electron chi connectivity index (χ4n) is 4.86. The van der Waals surface area contributed by atoms with Gasteiger partial charge in [0.1, 0.15) is 17.5 Å². The van der Waals surface area contributed by atoms with Gasteiger partial charge in [0.2, 0.25) is 5.91 Å². The van der Waals surface area contributed by atoms with Crippen LogP contribution in [-0.4, -0.2) is 51.3 Å². The van der Waals surface area contributed by atoms with E-state index in [-0.39, 0.29) is 43.2 Å². The second-order valence-electron chi connectivity index (χ2n) is 10.6. The topological polar surface area (TPSA) is 145 Å². The molecule has 2 heterocycles. The summed E-state index contributed by atoms with van der Waals surface area (Å²) in [5.74, 6) is 0.580. The van der Waals surface area contributed by atoms with E-state index in [2.05, 4.69) is 22.2 Å². The maximum Gasteiger partial charge on any atom is 0.307 e. The summed E-state index contributed by atoms with van der Waals surface area (Å²) in [6, 6.07) is 18.1. The van der Waals surface area contributed by atoms with Crippen molar-refractivity contribution >= 4 is 46.2 Å². The normalized spacial score (nSPS) is 11.4. The number of amides is 2. The molecule has 0 aliphatic rings. The number of nitrogens with two attached hydrogens (primary N) is 1. The minimum absolute atomic E-state index is 0.0510. The third kappa shape index (κ3) is 8.98. The Morgan fingerprint density at radius 3 is 2.47 bits per heavy atom. The Labute approximate surface area is 263 Å². The number of ether oxygens (including phenoxy) is 1. The van der Waals surface area contributed by atoms with E-state index in [0.29, 0.717) is 35.4 Å². The van der Waals surface area contributed by atoms with E-state index in [4.69, 9.17) is 15.5 Å². The molecule has 0 atom stereocenters. The van der Waals surface area contributed by atoms with Crippen molar-refractivity contribution in [2.45, 2.75) is 58.9 Å².